The van der Waals surface area contributed by atoms with Crippen molar-refractivity contribution in [3.8, 4) is 0 Å². The first kappa shape index (κ1) is 19.3. The predicted molar refractivity (Wildman–Crippen MR) is 98.6 cm³/mol. The third kappa shape index (κ3) is 4.63. The highest BCUT2D eigenvalue weighted by Gasteiger charge is 2.29. The number of carbonyl (C=O) groups is 3. The van der Waals surface area contributed by atoms with Crippen LogP contribution in [0.4, 0.5) is 10.1 Å². The van der Waals surface area contributed by atoms with E-state index in [1.807, 2.05) is 0 Å². The summed E-state index contributed by atoms with van der Waals surface area (Å²) >= 11 is 0. The molecule has 0 aromatic heterocycles. The van der Waals surface area contributed by atoms with Crippen molar-refractivity contribution >= 4 is 23.4 Å². The molecule has 1 aromatic rings. The van der Waals surface area contributed by atoms with Crippen LogP contribution in [0.25, 0.3) is 0 Å². The third-order valence-electron chi connectivity index (χ3n) is 5.30. The minimum atomic E-state index is -0.823. The van der Waals surface area contributed by atoms with E-state index in [0.29, 0.717) is 12.5 Å². The highest BCUT2D eigenvalue weighted by atomic mass is 19.1. The SMILES string of the molecule is NCCC1CCN(c2ccc(C(=O)NC3CCC(=O)NC3=O)c(F)c2)CC1. The molecule has 2 heterocycles. The van der Waals surface area contributed by atoms with Crippen LogP contribution in [0.15, 0.2) is 18.2 Å². The Balaban J connectivity index is 1.62. The lowest BCUT2D eigenvalue weighted by atomic mass is 9.93. The molecule has 2 aliphatic heterocycles. The van der Waals surface area contributed by atoms with Crippen molar-refractivity contribution < 1.29 is 18.8 Å². The third-order valence-corrected chi connectivity index (χ3v) is 5.30. The summed E-state index contributed by atoms with van der Waals surface area (Å²) in [6.45, 7) is 2.37. The molecule has 2 aliphatic rings. The molecule has 0 radical (unpaired) electrons. The van der Waals surface area contributed by atoms with Gasteiger partial charge in [0.25, 0.3) is 5.91 Å². The van der Waals surface area contributed by atoms with E-state index >= 15 is 0 Å². The van der Waals surface area contributed by atoms with Gasteiger partial charge in [0, 0.05) is 25.2 Å². The molecule has 7 nitrogen and oxygen atoms in total. The smallest absolute Gasteiger partial charge is 0.254 e. The molecule has 0 aliphatic carbocycles. The van der Waals surface area contributed by atoms with E-state index in [9.17, 15) is 18.8 Å². The second-order valence-electron chi connectivity index (χ2n) is 7.15. The van der Waals surface area contributed by atoms with Crippen LogP contribution in [-0.4, -0.2) is 43.4 Å². The van der Waals surface area contributed by atoms with E-state index in [0.717, 1.165) is 38.0 Å². The minimum Gasteiger partial charge on any atom is -0.371 e. The zero-order valence-corrected chi connectivity index (χ0v) is 15.2. The molecule has 27 heavy (non-hydrogen) atoms. The number of piperidine rings is 2. The molecule has 2 saturated heterocycles. The van der Waals surface area contributed by atoms with Crippen LogP contribution in [0.1, 0.15) is 42.5 Å². The van der Waals surface area contributed by atoms with Crippen LogP contribution in [0, 0.1) is 11.7 Å². The molecule has 3 amide bonds. The molecule has 1 atom stereocenters. The number of carbonyl (C=O) groups excluding carboxylic acids is 3. The fourth-order valence-electron chi connectivity index (χ4n) is 3.67. The summed E-state index contributed by atoms with van der Waals surface area (Å²) in [5.41, 5.74) is 6.25. The van der Waals surface area contributed by atoms with Crippen LogP contribution in [0.5, 0.6) is 0 Å². The molecular formula is C19H25FN4O3. The molecular weight excluding hydrogens is 351 g/mol. The number of hydrogen-bond donors (Lipinski definition) is 3. The number of nitrogens with zero attached hydrogens (tertiary/aromatic N) is 1. The summed E-state index contributed by atoms with van der Waals surface area (Å²) in [7, 11) is 0. The number of halogens is 1. The van der Waals surface area contributed by atoms with Crippen molar-refractivity contribution in [2.45, 2.75) is 38.1 Å². The number of anilines is 1. The molecule has 8 heteroatoms. The van der Waals surface area contributed by atoms with Gasteiger partial charge in [-0.1, -0.05) is 0 Å². The van der Waals surface area contributed by atoms with Crippen LogP contribution in [0.2, 0.25) is 0 Å². The van der Waals surface area contributed by atoms with Crippen molar-refractivity contribution in [3.63, 3.8) is 0 Å². The fraction of sp³-hybridized carbons (Fsp3) is 0.526. The first-order chi connectivity index (χ1) is 13.0. The Bertz CT molecular complexity index is 732. The maximum Gasteiger partial charge on any atom is 0.254 e. The highest BCUT2D eigenvalue weighted by Crippen LogP contribution is 2.26. The average molecular weight is 376 g/mol. The molecule has 0 saturated carbocycles. The molecule has 146 valence electrons. The van der Waals surface area contributed by atoms with Crippen LogP contribution < -0.4 is 21.3 Å². The number of nitrogens with two attached hydrogens (primary N) is 1. The Hall–Kier alpha value is -2.48. The van der Waals surface area contributed by atoms with Crippen molar-refractivity contribution in [2.75, 3.05) is 24.5 Å². The van der Waals surface area contributed by atoms with Gasteiger partial charge in [-0.2, -0.15) is 0 Å². The lowest BCUT2D eigenvalue weighted by Crippen LogP contribution is -2.52. The van der Waals surface area contributed by atoms with E-state index < -0.39 is 23.7 Å². The first-order valence-corrected chi connectivity index (χ1v) is 9.37. The van der Waals surface area contributed by atoms with Gasteiger partial charge in [0.05, 0.1) is 5.56 Å². The lowest BCUT2D eigenvalue weighted by Gasteiger charge is -2.33. The second-order valence-corrected chi connectivity index (χ2v) is 7.15. The molecule has 0 bridgehead atoms. The predicted octanol–water partition coefficient (Wildman–Crippen LogP) is 0.926. The van der Waals surface area contributed by atoms with Crippen molar-refractivity contribution in [1.82, 2.24) is 10.6 Å². The standard InChI is InChI=1S/C19H25FN4O3/c20-15-11-13(24-9-6-12(5-8-21)7-10-24)1-2-14(15)18(26)22-16-3-4-17(25)23-19(16)27/h1-2,11-12,16H,3-10,21H2,(H,22,26)(H,23,25,27). The van der Waals surface area contributed by atoms with Crippen LogP contribution in [0.3, 0.4) is 0 Å². The van der Waals surface area contributed by atoms with Gasteiger partial charge in [0.1, 0.15) is 11.9 Å². The number of imide groups is 1. The molecule has 1 aromatic carbocycles. The average Bonchev–Trinajstić information content (AvgIpc) is 2.65. The Morgan fingerprint density at radius 1 is 1.26 bits per heavy atom. The molecule has 4 N–H and O–H groups in total. The quantitative estimate of drug-likeness (QED) is 0.663. The zero-order valence-electron chi connectivity index (χ0n) is 15.2. The van der Waals surface area contributed by atoms with E-state index in [1.165, 1.54) is 12.1 Å². The Labute approximate surface area is 157 Å². The molecule has 3 rings (SSSR count). The highest BCUT2D eigenvalue weighted by molar-refractivity contribution is 6.03. The van der Waals surface area contributed by atoms with Gasteiger partial charge in [0.15, 0.2) is 0 Å². The summed E-state index contributed by atoms with van der Waals surface area (Å²) in [5.74, 6) is -1.58. The van der Waals surface area contributed by atoms with Crippen molar-refractivity contribution in [1.29, 1.82) is 0 Å². The topological polar surface area (TPSA) is 105 Å². The summed E-state index contributed by atoms with van der Waals surface area (Å²) in [4.78, 5) is 37.3. The number of benzene rings is 1. The lowest BCUT2D eigenvalue weighted by molar-refractivity contribution is -0.134. The molecule has 2 fully saturated rings. The van der Waals surface area contributed by atoms with E-state index in [2.05, 4.69) is 15.5 Å². The van der Waals surface area contributed by atoms with Gasteiger partial charge in [-0.05, 0) is 56.3 Å². The van der Waals surface area contributed by atoms with E-state index in [4.69, 9.17) is 5.73 Å². The second kappa shape index (κ2) is 8.47. The van der Waals surface area contributed by atoms with Gasteiger partial charge in [-0.15, -0.1) is 0 Å². The minimum absolute atomic E-state index is 0.110. The Morgan fingerprint density at radius 2 is 2.00 bits per heavy atom. The summed E-state index contributed by atoms with van der Waals surface area (Å²) in [6.07, 6.45) is 3.43. The van der Waals surface area contributed by atoms with Gasteiger partial charge in [0.2, 0.25) is 11.8 Å². The zero-order chi connectivity index (χ0) is 19.4. The summed E-state index contributed by atoms with van der Waals surface area (Å²) in [6, 6.07) is 3.71. The van der Waals surface area contributed by atoms with Crippen LogP contribution >= 0.6 is 0 Å². The van der Waals surface area contributed by atoms with Gasteiger partial charge < -0.3 is 16.0 Å². The van der Waals surface area contributed by atoms with Gasteiger partial charge >= 0.3 is 0 Å². The molecule has 1 unspecified atom stereocenters. The normalized spacial score (nSPS) is 21.1. The monoisotopic (exact) mass is 376 g/mol. The maximum absolute atomic E-state index is 14.5. The van der Waals surface area contributed by atoms with Crippen molar-refractivity contribution in [3.05, 3.63) is 29.6 Å². The fourth-order valence-corrected chi connectivity index (χ4v) is 3.67. The molecule has 0 spiro atoms. The van der Waals surface area contributed by atoms with Gasteiger partial charge in [-0.3, -0.25) is 19.7 Å². The summed E-state index contributed by atoms with van der Waals surface area (Å²) < 4.78 is 14.5. The van der Waals surface area contributed by atoms with Gasteiger partial charge in [-0.25, -0.2) is 4.39 Å². The number of amides is 3. The summed E-state index contributed by atoms with van der Waals surface area (Å²) in [5, 5.41) is 4.66. The van der Waals surface area contributed by atoms with Crippen molar-refractivity contribution in [2.24, 2.45) is 11.7 Å². The number of nitrogens with one attached hydrogen (secondary N) is 2. The maximum atomic E-state index is 14.5. The largest absolute Gasteiger partial charge is 0.371 e. The first-order valence-electron chi connectivity index (χ1n) is 9.37. The number of hydrogen-bond acceptors (Lipinski definition) is 5. The Kier molecular flexibility index (Phi) is 6.05. The van der Waals surface area contributed by atoms with E-state index in [-0.39, 0.29) is 24.3 Å². The Morgan fingerprint density at radius 3 is 2.63 bits per heavy atom. The van der Waals surface area contributed by atoms with E-state index in [1.54, 1.807) is 6.07 Å². The number of rotatable bonds is 5. The van der Waals surface area contributed by atoms with Crippen LogP contribution in [-0.2, 0) is 9.59 Å².